The first-order chi connectivity index (χ1) is 11.1. The van der Waals surface area contributed by atoms with E-state index in [2.05, 4.69) is 15.3 Å². The number of pyridine rings is 1. The summed E-state index contributed by atoms with van der Waals surface area (Å²) in [5, 5.41) is 3.79. The maximum atomic E-state index is 12.5. The zero-order valence-corrected chi connectivity index (χ0v) is 13.8. The SMILES string of the molecule is Cc1nc(-c2ccccn2)sc1C(=O)NC(C)c1ccccc1. The number of nitrogens with one attached hydrogen (secondary N) is 1. The van der Waals surface area contributed by atoms with Crippen LogP contribution in [-0.4, -0.2) is 15.9 Å². The number of benzene rings is 1. The summed E-state index contributed by atoms with van der Waals surface area (Å²) in [6.45, 7) is 3.83. The fourth-order valence-corrected chi connectivity index (χ4v) is 3.24. The fourth-order valence-electron chi connectivity index (χ4n) is 2.29. The molecule has 0 fully saturated rings. The third-order valence-electron chi connectivity index (χ3n) is 3.53. The number of nitrogens with zero attached hydrogens (tertiary/aromatic N) is 2. The van der Waals surface area contributed by atoms with Crippen molar-refractivity contribution in [2.45, 2.75) is 19.9 Å². The molecule has 0 saturated carbocycles. The highest BCUT2D eigenvalue weighted by molar-refractivity contribution is 7.17. The molecule has 3 rings (SSSR count). The summed E-state index contributed by atoms with van der Waals surface area (Å²) in [4.78, 5) is 21.9. The van der Waals surface area contributed by atoms with Gasteiger partial charge in [-0.05, 0) is 31.5 Å². The van der Waals surface area contributed by atoms with Crippen LogP contribution in [0, 0.1) is 6.92 Å². The summed E-state index contributed by atoms with van der Waals surface area (Å²) in [6.07, 6.45) is 1.73. The molecule has 0 radical (unpaired) electrons. The van der Waals surface area contributed by atoms with Crippen molar-refractivity contribution >= 4 is 17.2 Å². The van der Waals surface area contributed by atoms with Gasteiger partial charge in [0.25, 0.3) is 5.91 Å². The van der Waals surface area contributed by atoms with Gasteiger partial charge >= 0.3 is 0 Å². The Balaban J connectivity index is 1.79. The molecular formula is C18H17N3OS. The molecule has 0 spiro atoms. The molecule has 5 heteroatoms. The number of carbonyl (C=O) groups is 1. The van der Waals surface area contributed by atoms with E-state index in [-0.39, 0.29) is 11.9 Å². The minimum atomic E-state index is -0.0986. The quantitative estimate of drug-likeness (QED) is 0.789. The van der Waals surface area contributed by atoms with Crippen LogP contribution in [0.2, 0.25) is 0 Å². The molecular weight excluding hydrogens is 306 g/mol. The van der Waals surface area contributed by atoms with E-state index in [1.165, 1.54) is 11.3 Å². The van der Waals surface area contributed by atoms with E-state index in [4.69, 9.17) is 0 Å². The van der Waals surface area contributed by atoms with Crippen LogP contribution < -0.4 is 5.32 Å². The maximum Gasteiger partial charge on any atom is 0.263 e. The highest BCUT2D eigenvalue weighted by atomic mass is 32.1. The van der Waals surface area contributed by atoms with Gasteiger partial charge in [-0.1, -0.05) is 36.4 Å². The normalized spacial score (nSPS) is 11.9. The summed E-state index contributed by atoms with van der Waals surface area (Å²) < 4.78 is 0. The molecule has 0 aliphatic rings. The average Bonchev–Trinajstić information content (AvgIpc) is 2.98. The molecule has 2 aromatic heterocycles. The van der Waals surface area contributed by atoms with Crippen LogP contribution in [0.3, 0.4) is 0 Å². The Morgan fingerprint density at radius 2 is 1.87 bits per heavy atom. The molecule has 2 heterocycles. The zero-order valence-electron chi connectivity index (χ0n) is 13.0. The van der Waals surface area contributed by atoms with Crippen LogP contribution >= 0.6 is 11.3 Å². The van der Waals surface area contributed by atoms with E-state index in [9.17, 15) is 4.79 Å². The van der Waals surface area contributed by atoms with Gasteiger partial charge in [-0.2, -0.15) is 0 Å². The van der Waals surface area contributed by atoms with Gasteiger partial charge in [0.15, 0.2) is 0 Å². The second kappa shape index (κ2) is 6.71. The van der Waals surface area contributed by atoms with Crippen molar-refractivity contribution in [1.29, 1.82) is 0 Å². The van der Waals surface area contributed by atoms with E-state index < -0.39 is 0 Å². The molecule has 0 aliphatic heterocycles. The van der Waals surface area contributed by atoms with E-state index in [1.807, 2.05) is 62.4 Å². The highest BCUT2D eigenvalue weighted by Crippen LogP contribution is 2.26. The van der Waals surface area contributed by atoms with Gasteiger partial charge < -0.3 is 5.32 Å². The van der Waals surface area contributed by atoms with E-state index in [1.54, 1.807) is 6.20 Å². The predicted molar refractivity (Wildman–Crippen MR) is 92.4 cm³/mol. The number of rotatable bonds is 4. The molecule has 116 valence electrons. The molecule has 1 amide bonds. The van der Waals surface area contributed by atoms with E-state index >= 15 is 0 Å². The lowest BCUT2D eigenvalue weighted by molar-refractivity contribution is 0.0943. The maximum absolute atomic E-state index is 12.5. The van der Waals surface area contributed by atoms with Crippen LogP contribution in [0.15, 0.2) is 54.7 Å². The number of amides is 1. The fraction of sp³-hybridized carbons (Fsp3) is 0.167. The van der Waals surface area contributed by atoms with Crippen LogP contribution in [-0.2, 0) is 0 Å². The first-order valence-corrected chi connectivity index (χ1v) is 8.21. The summed E-state index contributed by atoms with van der Waals surface area (Å²) in [5.74, 6) is -0.0986. The van der Waals surface area contributed by atoms with Crippen molar-refractivity contribution < 1.29 is 4.79 Å². The molecule has 0 bridgehead atoms. The largest absolute Gasteiger partial charge is 0.345 e. The van der Waals surface area contributed by atoms with Gasteiger partial charge in [0.2, 0.25) is 0 Å². The molecule has 0 saturated heterocycles. The number of hydrogen-bond acceptors (Lipinski definition) is 4. The number of carbonyl (C=O) groups excluding carboxylic acids is 1. The topological polar surface area (TPSA) is 54.9 Å². The Labute approximate surface area is 139 Å². The number of aromatic nitrogens is 2. The predicted octanol–water partition coefficient (Wildman–Crippen LogP) is 4.00. The smallest absolute Gasteiger partial charge is 0.263 e. The Hall–Kier alpha value is -2.53. The summed E-state index contributed by atoms with van der Waals surface area (Å²) in [6, 6.07) is 15.5. The lowest BCUT2D eigenvalue weighted by atomic mass is 10.1. The molecule has 0 aliphatic carbocycles. The second-order valence-electron chi connectivity index (χ2n) is 5.25. The van der Waals surface area contributed by atoms with Gasteiger partial charge in [0.1, 0.15) is 9.88 Å². The van der Waals surface area contributed by atoms with Crippen molar-refractivity contribution in [3.8, 4) is 10.7 Å². The van der Waals surface area contributed by atoms with E-state index in [0.717, 1.165) is 22.0 Å². The Morgan fingerprint density at radius 3 is 2.57 bits per heavy atom. The molecule has 23 heavy (non-hydrogen) atoms. The van der Waals surface area contributed by atoms with Crippen LogP contribution in [0.1, 0.15) is 33.9 Å². The molecule has 4 nitrogen and oxygen atoms in total. The lowest BCUT2D eigenvalue weighted by Gasteiger charge is -2.13. The van der Waals surface area contributed by atoms with Crippen molar-refractivity contribution in [3.05, 3.63) is 70.9 Å². The summed E-state index contributed by atoms with van der Waals surface area (Å²) in [5.41, 5.74) is 2.59. The van der Waals surface area contributed by atoms with E-state index in [0.29, 0.717) is 4.88 Å². The molecule has 1 aromatic carbocycles. The Morgan fingerprint density at radius 1 is 1.13 bits per heavy atom. The zero-order chi connectivity index (χ0) is 16.2. The Bertz CT molecular complexity index is 800. The standard InChI is InChI=1S/C18H17N3OS/c1-12(14-8-4-3-5-9-14)20-17(22)16-13(2)21-18(23-16)15-10-6-7-11-19-15/h3-12H,1-2H3,(H,20,22). The summed E-state index contributed by atoms with van der Waals surface area (Å²) >= 11 is 1.37. The highest BCUT2D eigenvalue weighted by Gasteiger charge is 2.18. The lowest BCUT2D eigenvalue weighted by Crippen LogP contribution is -2.26. The number of hydrogen-bond donors (Lipinski definition) is 1. The van der Waals surface area contributed by atoms with Crippen LogP contribution in [0.25, 0.3) is 10.7 Å². The van der Waals surface area contributed by atoms with Crippen molar-refractivity contribution in [2.75, 3.05) is 0 Å². The first-order valence-electron chi connectivity index (χ1n) is 7.40. The van der Waals surface area contributed by atoms with Crippen LogP contribution in [0.5, 0.6) is 0 Å². The number of thiazole rings is 1. The van der Waals surface area contributed by atoms with Crippen molar-refractivity contribution in [2.24, 2.45) is 0 Å². The monoisotopic (exact) mass is 323 g/mol. The van der Waals surface area contributed by atoms with Gasteiger partial charge in [0, 0.05) is 6.20 Å². The van der Waals surface area contributed by atoms with Crippen molar-refractivity contribution in [3.63, 3.8) is 0 Å². The van der Waals surface area contributed by atoms with Crippen molar-refractivity contribution in [1.82, 2.24) is 15.3 Å². The third kappa shape index (κ3) is 3.46. The van der Waals surface area contributed by atoms with Gasteiger partial charge in [0.05, 0.1) is 17.4 Å². The van der Waals surface area contributed by atoms with Gasteiger partial charge in [-0.3, -0.25) is 9.78 Å². The molecule has 3 aromatic rings. The minimum absolute atomic E-state index is 0.0523. The summed E-state index contributed by atoms with van der Waals surface area (Å²) in [7, 11) is 0. The first kappa shape index (κ1) is 15.4. The number of aryl methyl sites for hydroxylation is 1. The molecule has 1 atom stereocenters. The minimum Gasteiger partial charge on any atom is -0.345 e. The van der Waals surface area contributed by atoms with Gasteiger partial charge in [-0.25, -0.2) is 4.98 Å². The third-order valence-corrected chi connectivity index (χ3v) is 4.71. The van der Waals surface area contributed by atoms with Gasteiger partial charge in [-0.15, -0.1) is 11.3 Å². The Kier molecular flexibility index (Phi) is 4.48. The second-order valence-corrected chi connectivity index (χ2v) is 6.25. The average molecular weight is 323 g/mol. The molecule has 1 unspecified atom stereocenters. The van der Waals surface area contributed by atoms with Crippen LogP contribution in [0.4, 0.5) is 0 Å². The molecule has 1 N–H and O–H groups in total.